The van der Waals surface area contributed by atoms with E-state index in [0.29, 0.717) is 0 Å². The van der Waals surface area contributed by atoms with Gasteiger partial charge in [-0.2, -0.15) is 0 Å². The third-order valence-electron chi connectivity index (χ3n) is 5.91. The lowest BCUT2D eigenvalue weighted by Crippen LogP contribution is -2.14. The number of aromatic nitrogens is 2. The molecule has 0 amide bonds. The molecular formula is C24H24N2. The molecule has 0 bridgehead atoms. The number of hydrogen-bond donors (Lipinski definition) is 0. The Kier molecular flexibility index (Phi) is 3.97. The maximum absolute atomic E-state index is 4.24. The van der Waals surface area contributed by atoms with E-state index in [-0.39, 0.29) is 0 Å². The molecule has 0 aliphatic heterocycles. The third-order valence-corrected chi connectivity index (χ3v) is 5.91. The van der Waals surface area contributed by atoms with Gasteiger partial charge < -0.3 is 4.57 Å². The van der Waals surface area contributed by atoms with Crippen LogP contribution < -0.4 is 0 Å². The van der Waals surface area contributed by atoms with Crippen LogP contribution in [0.4, 0.5) is 0 Å². The van der Waals surface area contributed by atoms with Gasteiger partial charge in [0.1, 0.15) is 0 Å². The highest BCUT2D eigenvalue weighted by molar-refractivity contribution is 5.91. The Bertz CT molecular complexity index is 1050. The largest absolute Gasteiger partial charge is 0.340 e. The van der Waals surface area contributed by atoms with Crippen LogP contribution in [0, 0.1) is 5.92 Å². The van der Waals surface area contributed by atoms with Crippen molar-refractivity contribution in [3.63, 3.8) is 0 Å². The van der Waals surface area contributed by atoms with Gasteiger partial charge in [-0.15, -0.1) is 0 Å². The van der Waals surface area contributed by atoms with Gasteiger partial charge >= 0.3 is 0 Å². The topological polar surface area (TPSA) is 17.8 Å². The molecule has 1 saturated carbocycles. The molecule has 0 radical (unpaired) electrons. The van der Waals surface area contributed by atoms with Crippen LogP contribution in [0.1, 0.15) is 32.1 Å². The number of nitrogens with zero attached hydrogens (tertiary/aromatic N) is 2. The Morgan fingerprint density at radius 3 is 2.65 bits per heavy atom. The van der Waals surface area contributed by atoms with Crippen molar-refractivity contribution in [3.8, 4) is 11.3 Å². The molecule has 2 aromatic carbocycles. The van der Waals surface area contributed by atoms with Gasteiger partial charge in [-0.25, -0.2) is 0 Å². The van der Waals surface area contributed by atoms with Crippen molar-refractivity contribution in [1.82, 2.24) is 9.55 Å². The molecule has 2 heterocycles. The van der Waals surface area contributed by atoms with Crippen molar-refractivity contribution in [1.29, 1.82) is 0 Å². The summed E-state index contributed by atoms with van der Waals surface area (Å²) >= 11 is 0. The summed E-state index contributed by atoms with van der Waals surface area (Å²) in [5.74, 6) is 0.808. The van der Waals surface area contributed by atoms with Crippen LogP contribution >= 0.6 is 0 Å². The predicted octanol–water partition coefficient (Wildman–Crippen LogP) is 6.44. The number of benzene rings is 2. The highest BCUT2D eigenvalue weighted by atomic mass is 15.0. The molecule has 0 spiro atoms. The normalized spacial score (nSPS) is 15.7. The van der Waals surface area contributed by atoms with E-state index < -0.39 is 0 Å². The lowest BCUT2D eigenvalue weighted by Gasteiger charge is -2.24. The molecule has 130 valence electrons. The summed E-state index contributed by atoms with van der Waals surface area (Å²) < 4.78 is 2.56. The zero-order valence-electron chi connectivity index (χ0n) is 15.1. The lowest BCUT2D eigenvalue weighted by atomic mass is 9.89. The van der Waals surface area contributed by atoms with Gasteiger partial charge in [0, 0.05) is 40.9 Å². The van der Waals surface area contributed by atoms with E-state index in [2.05, 4.69) is 64.1 Å². The second-order valence-corrected chi connectivity index (χ2v) is 7.64. The Morgan fingerprint density at radius 2 is 1.73 bits per heavy atom. The van der Waals surface area contributed by atoms with E-state index >= 15 is 0 Å². The lowest BCUT2D eigenvalue weighted by molar-refractivity contribution is 0.323. The van der Waals surface area contributed by atoms with Crippen molar-refractivity contribution in [2.24, 2.45) is 5.92 Å². The van der Waals surface area contributed by atoms with Crippen LogP contribution in [0.25, 0.3) is 32.9 Å². The molecule has 5 rings (SSSR count). The van der Waals surface area contributed by atoms with Crippen LogP contribution in [0.2, 0.25) is 0 Å². The van der Waals surface area contributed by atoms with Gasteiger partial charge in [0.2, 0.25) is 0 Å². The van der Waals surface area contributed by atoms with Crippen molar-refractivity contribution >= 4 is 21.7 Å². The molecule has 26 heavy (non-hydrogen) atoms. The third kappa shape index (κ3) is 2.80. The highest BCUT2D eigenvalue weighted by Crippen LogP contribution is 2.33. The molecule has 4 aromatic rings. The summed E-state index contributed by atoms with van der Waals surface area (Å²) in [5, 5.41) is 3.80. The molecule has 2 aromatic heterocycles. The molecule has 2 heteroatoms. The number of rotatable bonds is 3. The fourth-order valence-corrected chi connectivity index (χ4v) is 4.52. The van der Waals surface area contributed by atoms with Crippen LogP contribution in [0.5, 0.6) is 0 Å². The Balaban J connectivity index is 1.64. The van der Waals surface area contributed by atoms with Crippen molar-refractivity contribution in [2.75, 3.05) is 0 Å². The van der Waals surface area contributed by atoms with E-state index in [9.17, 15) is 0 Å². The summed E-state index contributed by atoms with van der Waals surface area (Å²) in [5.41, 5.74) is 4.01. The van der Waals surface area contributed by atoms with E-state index in [1.807, 2.05) is 12.4 Å². The standard InChI is InChI=1S/C24H24N2/c1-2-6-18(7-3-1)17-26-23-9-5-4-8-20(23)15-24(26)21-10-11-22-16-25-13-12-19(22)14-21/h4-5,8-16,18H,1-3,6-7,17H2. The first-order valence-corrected chi connectivity index (χ1v) is 9.81. The summed E-state index contributed by atoms with van der Waals surface area (Å²) in [6.07, 6.45) is 10.8. The zero-order chi connectivity index (χ0) is 17.3. The van der Waals surface area contributed by atoms with Crippen LogP contribution in [-0.2, 0) is 6.54 Å². The van der Waals surface area contributed by atoms with Crippen LogP contribution in [0.3, 0.4) is 0 Å². The minimum absolute atomic E-state index is 0.808. The van der Waals surface area contributed by atoms with E-state index in [4.69, 9.17) is 0 Å². The first-order valence-electron chi connectivity index (χ1n) is 9.81. The predicted molar refractivity (Wildman–Crippen MR) is 109 cm³/mol. The van der Waals surface area contributed by atoms with Gasteiger partial charge in [0.25, 0.3) is 0 Å². The van der Waals surface area contributed by atoms with Gasteiger partial charge in [0.15, 0.2) is 0 Å². The summed E-state index contributed by atoms with van der Waals surface area (Å²) in [7, 11) is 0. The molecule has 2 nitrogen and oxygen atoms in total. The minimum atomic E-state index is 0.808. The van der Waals surface area contributed by atoms with Gasteiger partial charge in [0.05, 0.1) is 0 Å². The summed E-state index contributed by atoms with van der Waals surface area (Å²) in [6.45, 7) is 1.14. The smallest absolute Gasteiger partial charge is 0.0491 e. The first kappa shape index (κ1) is 15.6. The molecule has 0 unspecified atom stereocenters. The summed E-state index contributed by atoms with van der Waals surface area (Å²) in [4.78, 5) is 4.24. The SMILES string of the molecule is c1ccc2c(c1)cc(-c1ccc3cnccc3c1)n2CC1CCCCC1. The quantitative estimate of drug-likeness (QED) is 0.420. The number of fused-ring (bicyclic) bond motifs is 2. The fraction of sp³-hybridized carbons (Fsp3) is 0.292. The number of hydrogen-bond acceptors (Lipinski definition) is 1. The molecule has 0 N–H and O–H groups in total. The van der Waals surface area contributed by atoms with Crippen molar-refractivity contribution in [2.45, 2.75) is 38.6 Å². The molecule has 1 aliphatic rings. The minimum Gasteiger partial charge on any atom is -0.340 e. The monoisotopic (exact) mass is 340 g/mol. The second kappa shape index (κ2) is 6.60. The maximum atomic E-state index is 4.24. The van der Waals surface area contributed by atoms with E-state index in [0.717, 1.165) is 12.5 Å². The highest BCUT2D eigenvalue weighted by Gasteiger charge is 2.18. The van der Waals surface area contributed by atoms with Gasteiger partial charge in [-0.3, -0.25) is 4.98 Å². The molecular weight excluding hydrogens is 316 g/mol. The zero-order valence-corrected chi connectivity index (χ0v) is 15.1. The molecule has 1 fully saturated rings. The Hall–Kier alpha value is -2.61. The van der Waals surface area contributed by atoms with Crippen molar-refractivity contribution in [3.05, 3.63) is 67.0 Å². The van der Waals surface area contributed by atoms with Crippen LogP contribution in [-0.4, -0.2) is 9.55 Å². The van der Waals surface area contributed by atoms with Crippen LogP contribution in [0.15, 0.2) is 67.0 Å². The second-order valence-electron chi connectivity index (χ2n) is 7.64. The average molecular weight is 340 g/mol. The van der Waals surface area contributed by atoms with Gasteiger partial charge in [-0.1, -0.05) is 49.6 Å². The molecule has 1 aliphatic carbocycles. The number of pyridine rings is 1. The first-order chi connectivity index (χ1) is 12.9. The van der Waals surface area contributed by atoms with Crippen molar-refractivity contribution < 1.29 is 0 Å². The molecule has 0 atom stereocenters. The van der Waals surface area contributed by atoms with E-state index in [1.165, 1.54) is 65.0 Å². The van der Waals surface area contributed by atoms with Gasteiger partial charge in [-0.05, 0) is 54.0 Å². The van der Waals surface area contributed by atoms with E-state index in [1.54, 1.807) is 0 Å². The average Bonchev–Trinajstić information content (AvgIpc) is 3.07. The molecule has 0 saturated heterocycles. The summed E-state index contributed by atoms with van der Waals surface area (Å²) in [6, 6.07) is 20.0. The fourth-order valence-electron chi connectivity index (χ4n) is 4.52. The Labute approximate surface area is 154 Å². The number of para-hydroxylation sites is 1. The Morgan fingerprint density at radius 1 is 0.846 bits per heavy atom. The maximum Gasteiger partial charge on any atom is 0.0491 e.